The fourth-order valence-corrected chi connectivity index (χ4v) is 1.88. The zero-order chi connectivity index (χ0) is 10.7. The number of hydrogen-bond acceptors (Lipinski definition) is 3. The molecule has 1 fully saturated rings. The van der Waals surface area contributed by atoms with Crippen LogP contribution in [-0.4, -0.2) is 30.5 Å². The summed E-state index contributed by atoms with van der Waals surface area (Å²) >= 11 is 0. The maximum Gasteiger partial charge on any atom is 0.328 e. The van der Waals surface area contributed by atoms with E-state index in [0.29, 0.717) is 5.75 Å². The molecule has 2 rings (SSSR count). The number of hydrogen-bond donors (Lipinski definition) is 0. The quantitative estimate of drug-likeness (QED) is 0.543. The number of carbonyl (C=O) groups excluding carboxylic acids is 1. The van der Waals surface area contributed by atoms with Crippen molar-refractivity contribution in [2.45, 2.75) is 18.9 Å². The van der Waals surface area contributed by atoms with Gasteiger partial charge in [-0.1, -0.05) is 18.2 Å². The molecular weight excluding hydrogens is 190 g/mol. The summed E-state index contributed by atoms with van der Waals surface area (Å²) in [4.78, 5) is 13.8. The number of carbonyl (C=O) groups is 1. The number of benzene rings is 1. The molecule has 80 valence electrons. The second-order valence-corrected chi connectivity index (χ2v) is 3.87. The highest BCUT2D eigenvalue weighted by atomic mass is 16.5. The standard InChI is InChI=1S/C12H15NO2/c1-13-9-5-8-11(13)12(14)15-10-6-3-2-4-7-10/h2-4,6-7,11H,5,8-9H2,1H3. The molecule has 1 atom stereocenters. The first-order valence-electron chi connectivity index (χ1n) is 5.24. The van der Waals surface area contributed by atoms with E-state index in [0.717, 1.165) is 19.4 Å². The van der Waals surface area contributed by atoms with Gasteiger partial charge >= 0.3 is 5.97 Å². The number of esters is 1. The van der Waals surface area contributed by atoms with Crippen molar-refractivity contribution in [2.75, 3.05) is 13.6 Å². The summed E-state index contributed by atoms with van der Waals surface area (Å²) in [6.07, 6.45) is 1.98. The minimum Gasteiger partial charge on any atom is -0.425 e. The maximum absolute atomic E-state index is 11.8. The summed E-state index contributed by atoms with van der Waals surface area (Å²) < 4.78 is 5.29. The number of likely N-dealkylation sites (N-methyl/N-ethyl adjacent to an activating group) is 1. The molecule has 1 unspecified atom stereocenters. The fraction of sp³-hybridized carbons (Fsp3) is 0.417. The van der Waals surface area contributed by atoms with E-state index in [4.69, 9.17) is 4.74 Å². The molecule has 3 nitrogen and oxygen atoms in total. The summed E-state index contributed by atoms with van der Waals surface area (Å²) in [6, 6.07) is 9.16. The Morgan fingerprint density at radius 3 is 2.73 bits per heavy atom. The predicted octanol–water partition coefficient (Wildman–Crippen LogP) is 1.69. The first-order chi connectivity index (χ1) is 7.27. The van der Waals surface area contributed by atoms with Crippen LogP contribution in [-0.2, 0) is 4.79 Å². The van der Waals surface area contributed by atoms with E-state index in [1.807, 2.05) is 30.1 Å². The molecule has 1 saturated heterocycles. The maximum atomic E-state index is 11.8. The molecule has 0 radical (unpaired) electrons. The van der Waals surface area contributed by atoms with Gasteiger partial charge in [0.25, 0.3) is 0 Å². The summed E-state index contributed by atoms with van der Waals surface area (Å²) in [5, 5.41) is 0. The smallest absolute Gasteiger partial charge is 0.328 e. The molecule has 15 heavy (non-hydrogen) atoms. The van der Waals surface area contributed by atoms with Crippen LogP contribution < -0.4 is 4.74 Å². The lowest BCUT2D eigenvalue weighted by molar-refractivity contribution is -0.138. The van der Waals surface area contributed by atoms with Gasteiger partial charge in [-0.05, 0) is 38.6 Å². The normalized spacial score (nSPS) is 21.5. The molecule has 3 heteroatoms. The molecule has 1 aromatic carbocycles. The van der Waals surface area contributed by atoms with Crippen molar-refractivity contribution in [3.8, 4) is 5.75 Å². The Hall–Kier alpha value is -1.35. The molecule has 0 saturated carbocycles. The van der Waals surface area contributed by atoms with Gasteiger partial charge in [0.05, 0.1) is 0 Å². The Morgan fingerprint density at radius 1 is 1.40 bits per heavy atom. The first kappa shape index (κ1) is 10.2. The Kier molecular flexibility index (Phi) is 3.02. The summed E-state index contributed by atoms with van der Waals surface area (Å²) in [7, 11) is 1.96. The topological polar surface area (TPSA) is 29.5 Å². The van der Waals surface area contributed by atoms with Crippen LogP contribution in [0, 0.1) is 0 Å². The molecule has 1 aliphatic heterocycles. The molecule has 0 aliphatic carbocycles. The highest BCUT2D eigenvalue weighted by molar-refractivity contribution is 5.78. The van der Waals surface area contributed by atoms with E-state index in [9.17, 15) is 4.79 Å². The first-order valence-corrected chi connectivity index (χ1v) is 5.24. The largest absolute Gasteiger partial charge is 0.425 e. The van der Waals surface area contributed by atoms with Crippen molar-refractivity contribution in [3.63, 3.8) is 0 Å². The summed E-state index contributed by atoms with van der Waals surface area (Å²) in [6.45, 7) is 0.981. The molecule has 1 aliphatic rings. The van der Waals surface area contributed by atoms with Crippen LogP contribution in [0.1, 0.15) is 12.8 Å². The fourth-order valence-electron chi connectivity index (χ4n) is 1.88. The third-order valence-corrected chi connectivity index (χ3v) is 2.75. The van der Waals surface area contributed by atoms with Crippen LogP contribution in [0.15, 0.2) is 30.3 Å². The third kappa shape index (κ3) is 2.36. The van der Waals surface area contributed by atoms with Gasteiger partial charge in [-0.25, -0.2) is 4.79 Å². The minimum absolute atomic E-state index is 0.0646. The van der Waals surface area contributed by atoms with Gasteiger partial charge in [0, 0.05) is 0 Å². The van der Waals surface area contributed by atoms with E-state index < -0.39 is 0 Å². The summed E-state index contributed by atoms with van der Waals surface area (Å²) in [5.41, 5.74) is 0. The zero-order valence-electron chi connectivity index (χ0n) is 8.85. The van der Waals surface area contributed by atoms with Crippen LogP contribution in [0.25, 0.3) is 0 Å². The number of rotatable bonds is 2. The molecule has 0 spiro atoms. The van der Waals surface area contributed by atoms with Crippen molar-refractivity contribution in [2.24, 2.45) is 0 Å². The zero-order valence-corrected chi connectivity index (χ0v) is 8.85. The highest BCUT2D eigenvalue weighted by Gasteiger charge is 2.29. The number of para-hydroxylation sites is 1. The van der Waals surface area contributed by atoms with Crippen molar-refractivity contribution >= 4 is 5.97 Å². The van der Waals surface area contributed by atoms with Crippen LogP contribution in [0.5, 0.6) is 5.75 Å². The molecule has 0 aromatic heterocycles. The van der Waals surface area contributed by atoms with Crippen molar-refractivity contribution in [1.29, 1.82) is 0 Å². The molecule has 1 heterocycles. The average Bonchev–Trinajstić information content (AvgIpc) is 2.66. The van der Waals surface area contributed by atoms with Crippen LogP contribution in [0.4, 0.5) is 0 Å². The van der Waals surface area contributed by atoms with Gasteiger partial charge in [0.15, 0.2) is 0 Å². The lowest BCUT2D eigenvalue weighted by Gasteiger charge is -2.17. The number of ether oxygens (including phenoxy) is 1. The Balaban J connectivity index is 1.98. The van der Waals surface area contributed by atoms with E-state index in [2.05, 4.69) is 0 Å². The van der Waals surface area contributed by atoms with Gasteiger partial charge in [-0.2, -0.15) is 0 Å². The second-order valence-electron chi connectivity index (χ2n) is 3.87. The predicted molar refractivity (Wildman–Crippen MR) is 57.7 cm³/mol. The van der Waals surface area contributed by atoms with E-state index in [1.165, 1.54) is 0 Å². The Bertz CT molecular complexity index is 337. The van der Waals surface area contributed by atoms with Gasteiger partial charge < -0.3 is 4.74 Å². The van der Waals surface area contributed by atoms with Gasteiger partial charge in [-0.3, -0.25) is 4.90 Å². The second kappa shape index (κ2) is 4.45. The Morgan fingerprint density at radius 2 is 2.13 bits per heavy atom. The molecule has 0 N–H and O–H groups in total. The lowest BCUT2D eigenvalue weighted by atomic mass is 10.2. The van der Waals surface area contributed by atoms with E-state index in [-0.39, 0.29) is 12.0 Å². The highest BCUT2D eigenvalue weighted by Crippen LogP contribution is 2.18. The monoisotopic (exact) mass is 205 g/mol. The molecule has 0 amide bonds. The molecule has 0 bridgehead atoms. The molecule has 1 aromatic rings. The molecular formula is C12H15NO2. The van der Waals surface area contributed by atoms with Crippen molar-refractivity contribution in [1.82, 2.24) is 4.90 Å². The van der Waals surface area contributed by atoms with Crippen LogP contribution in [0.3, 0.4) is 0 Å². The van der Waals surface area contributed by atoms with Gasteiger partial charge in [-0.15, -0.1) is 0 Å². The SMILES string of the molecule is CN1CCCC1C(=O)Oc1ccccc1. The summed E-state index contributed by atoms with van der Waals surface area (Å²) in [5.74, 6) is 0.490. The average molecular weight is 205 g/mol. The van der Waals surface area contributed by atoms with Crippen molar-refractivity contribution in [3.05, 3.63) is 30.3 Å². The third-order valence-electron chi connectivity index (χ3n) is 2.75. The number of nitrogens with zero attached hydrogens (tertiary/aromatic N) is 1. The lowest BCUT2D eigenvalue weighted by Crippen LogP contribution is -2.35. The number of likely N-dealkylation sites (tertiary alicyclic amines) is 1. The van der Waals surface area contributed by atoms with E-state index in [1.54, 1.807) is 12.1 Å². The van der Waals surface area contributed by atoms with Crippen molar-refractivity contribution < 1.29 is 9.53 Å². The van der Waals surface area contributed by atoms with Gasteiger partial charge in [0.1, 0.15) is 11.8 Å². The Labute approximate surface area is 89.7 Å². The van der Waals surface area contributed by atoms with Crippen LogP contribution in [0.2, 0.25) is 0 Å². The van der Waals surface area contributed by atoms with Gasteiger partial charge in [0.2, 0.25) is 0 Å². The minimum atomic E-state index is -0.138. The van der Waals surface area contributed by atoms with Crippen LogP contribution >= 0.6 is 0 Å². The van der Waals surface area contributed by atoms with E-state index >= 15 is 0 Å².